The third-order valence-corrected chi connectivity index (χ3v) is 8.94. The molecule has 0 bridgehead atoms. The monoisotopic (exact) mass is 354 g/mol. The Morgan fingerprint density at radius 3 is 2.58 bits per heavy atom. The lowest BCUT2D eigenvalue weighted by Crippen LogP contribution is -2.54. The summed E-state index contributed by atoms with van der Waals surface area (Å²) < 4.78 is 5.17. The third-order valence-electron chi connectivity index (χ3n) is 8.94. The van der Waals surface area contributed by atoms with Crippen molar-refractivity contribution in [3.63, 3.8) is 0 Å². The van der Waals surface area contributed by atoms with Gasteiger partial charge in [-0.05, 0) is 79.6 Å². The zero-order chi connectivity index (χ0) is 18.7. The number of hydrogen-bond donors (Lipinski definition) is 0. The first kappa shape index (κ1) is 17.8. The number of terminal acetylenes is 1. The van der Waals surface area contributed by atoms with Crippen molar-refractivity contribution in [3.8, 4) is 12.3 Å². The molecule has 4 rings (SSSR count). The van der Waals surface area contributed by atoms with Crippen molar-refractivity contribution in [3.05, 3.63) is 11.6 Å². The smallest absolute Gasteiger partial charge is 0.324 e. The first-order valence-electron chi connectivity index (χ1n) is 10.1. The lowest BCUT2D eigenvalue weighted by molar-refractivity contribution is -0.160. The van der Waals surface area contributed by atoms with Gasteiger partial charge in [-0.25, -0.2) is 0 Å². The van der Waals surface area contributed by atoms with Gasteiger partial charge in [-0.3, -0.25) is 9.59 Å². The first-order chi connectivity index (χ1) is 12.3. The number of carbonyl (C=O) groups excluding carboxylic acids is 2. The number of ketones is 1. The van der Waals surface area contributed by atoms with E-state index in [1.807, 2.05) is 6.08 Å². The molecule has 0 aliphatic heterocycles. The maximum atomic E-state index is 12.7. The van der Waals surface area contributed by atoms with Gasteiger partial charge in [0.2, 0.25) is 0 Å². The normalized spacial score (nSPS) is 47.1. The number of hydrogen-bond acceptors (Lipinski definition) is 3. The number of allylic oxidation sites excluding steroid dienone is 1. The molecule has 0 saturated heterocycles. The molecular formula is C23H30O3. The van der Waals surface area contributed by atoms with Gasteiger partial charge < -0.3 is 4.74 Å². The fraction of sp³-hybridized carbons (Fsp3) is 0.739. The summed E-state index contributed by atoms with van der Waals surface area (Å²) in [7, 11) is 1.46. The van der Waals surface area contributed by atoms with Crippen LogP contribution in [0.1, 0.15) is 65.2 Å². The van der Waals surface area contributed by atoms with E-state index in [0.29, 0.717) is 30.0 Å². The molecule has 0 amide bonds. The zero-order valence-corrected chi connectivity index (χ0v) is 16.3. The average molecular weight is 354 g/mol. The lowest BCUT2D eigenvalue weighted by Gasteiger charge is -2.58. The van der Waals surface area contributed by atoms with Crippen LogP contribution in [0.4, 0.5) is 0 Å². The van der Waals surface area contributed by atoms with E-state index in [4.69, 9.17) is 11.2 Å². The summed E-state index contributed by atoms with van der Waals surface area (Å²) in [5.74, 6) is 4.68. The maximum absolute atomic E-state index is 12.7. The van der Waals surface area contributed by atoms with Crippen LogP contribution in [-0.4, -0.2) is 18.9 Å². The topological polar surface area (TPSA) is 43.4 Å². The van der Waals surface area contributed by atoms with E-state index in [1.54, 1.807) is 0 Å². The van der Waals surface area contributed by atoms with Gasteiger partial charge in [-0.1, -0.05) is 25.3 Å². The highest BCUT2D eigenvalue weighted by atomic mass is 16.5. The summed E-state index contributed by atoms with van der Waals surface area (Å²) in [6.07, 6.45) is 15.6. The van der Waals surface area contributed by atoms with Gasteiger partial charge in [0.25, 0.3) is 0 Å². The molecule has 0 spiro atoms. The standard InChI is InChI=1S/C23H30O3/c1-5-23(20(25)26-4)13-10-19-17-7-6-15-14-16(24)8-11-21(15,2)18(17)9-12-22(19,23)3/h1,14,17-19H,6-13H2,2-4H3/t17-,18+,19+,21+,22+,23+/m1/s1. The number of fused-ring (bicyclic) bond motifs is 5. The second kappa shape index (κ2) is 5.72. The summed E-state index contributed by atoms with van der Waals surface area (Å²) in [5.41, 5.74) is 0.604. The minimum Gasteiger partial charge on any atom is -0.468 e. The molecular weight excluding hydrogens is 324 g/mol. The van der Waals surface area contributed by atoms with E-state index in [0.717, 1.165) is 44.9 Å². The number of carbonyl (C=O) groups is 2. The predicted octanol–water partition coefficient (Wildman–Crippen LogP) is 4.31. The fourth-order valence-corrected chi connectivity index (χ4v) is 7.40. The summed E-state index contributed by atoms with van der Waals surface area (Å²) >= 11 is 0. The number of ether oxygens (including phenoxy) is 1. The summed E-state index contributed by atoms with van der Waals surface area (Å²) in [5, 5.41) is 0. The van der Waals surface area contributed by atoms with Crippen molar-refractivity contribution in [2.75, 3.05) is 7.11 Å². The van der Waals surface area contributed by atoms with Crippen molar-refractivity contribution in [1.82, 2.24) is 0 Å². The minimum absolute atomic E-state index is 0.158. The number of methoxy groups -OCH3 is 1. The van der Waals surface area contributed by atoms with Crippen molar-refractivity contribution in [2.24, 2.45) is 34.0 Å². The molecule has 3 fully saturated rings. The van der Waals surface area contributed by atoms with E-state index >= 15 is 0 Å². The summed E-state index contributed by atoms with van der Waals surface area (Å²) in [6.45, 7) is 4.63. The van der Waals surface area contributed by atoms with Crippen LogP contribution >= 0.6 is 0 Å². The molecule has 0 aromatic carbocycles. The van der Waals surface area contributed by atoms with Gasteiger partial charge >= 0.3 is 5.97 Å². The SMILES string of the molecule is C#C[C@@]1(C(=O)OC)CC[C@H]2[C@@H]3CCC4=CC(=O)CC[C@]4(C)[C@H]3CC[C@@]21C. The highest BCUT2D eigenvalue weighted by Crippen LogP contribution is 2.69. The molecule has 0 aromatic rings. The van der Waals surface area contributed by atoms with E-state index < -0.39 is 5.41 Å². The van der Waals surface area contributed by atoms with Crippen LogP contribution in [0.2, 0.25) is 0 Å². The van der Waals surface area contributed by atoms with E-state index in [-0.39, 0.29) is 16.8 Å². The highest BCUT2D eigenvalue weighted by Gasteiger charge is 2.66. The van der Waals surface area contributed by atoms with Crippen LogP contribution in [0.15, 0.2) is 11.6 Å². The molecule has 0 heterocycles. The first-order valence-corrected chi connectivity index (χ1v) is 10.1. The lowest BCUT2D eigenvalue weighted by atomic mass is 9.45. The molecule has 0 N–H and O–H groups in total. The Balaban J connectivity index is 1.71. The van der Waals surface area contributed by atoms with Crippen LogP contribution in [-0.2, 0) is 14.3 Å². The van der Waals surface area contributed by atoms with Crippen molar-refractivity contribution in [1.29, 1.82) is 0 Å². The van der Waals surface area contributed by atoms with Crippen LogP contribution in [0, 0.1) is 46.3 Å². The zero-order valence-electron chi connectivity index (χ0n) is 16.3. The van der Waals surface area contributed by atoms with Gasteiger partial charge in [0.15, 0.2) is 5.78 Å². The molecule has 0 radical (unpaired) electrons. The molecule has 0 aromatic heterocycles. The largest absolute Gasteiger partial charge is 0.468 e. The van der Waals surface area contributed by atoms with Gasteiger partial charge in [0.1, 0.15) is 5.41 Å². The Morgan fingerprint density at radius 2 is 1.88 bits per heavy atom. The quantitative estimate of drug-likeness (QED) is 0.520. The van der Waals surface area contributed by atoms with E-state index in [2.05, 4.69) is 19.8 Å². The Labute approximate surface area is 156 Å². The predicted molar refractivity (Wildman–Crippen MR) is 100.0 cm³/mol. The van der Waals surface area contributed by atoms with Crippen LogP contribution in [0.3, 0.4) is 0 Å². The second-order valence-corrected chi connectivity index (χ2v) is 9.50. The average Bonchev–Trinajstić information content (AvgIpc) is 2.95. The second-order valence-electron chi connectivity index (χ2n) is 9.50. The molecule has 26 heavy (non-hydrogen) atoms. The summed E-state index contributed by atoms with van der Waals surface area (Å²) in [4.78, 5) is 24.6. The van der Waals surface area contributed by atoms with Crippen molar-refractivity contribution >= 4 is 11.8 Å². The molecule has 3 heteroatoms. The Kier molecular flexibility index (Phi) is 3.92. The van der Waals surface area contributed by atoms with Crippen molar-refractivity contribution < 1.29 is 14.3 Å². The van der Waals surface area contributed by atoms with E-state index in [9.17, 15) is 9.59 Å². The molecule has 4 aliphatic rings. The van der Waals surface area contributed by atoms with Crippen LogP contribution < -0.4 is 0 Å². The van der Waals surface area contributed by atoms with E-state index in [1.165, 1.54) is 12.7 Å². The van der Waals surface area contributed by atoms with Crippen LogP contribution in [0.25, 0.3) is 0 Å². The number of rotatable bonds is 1. The Morgan fingerprint density at radius 1 is 1.15 bits per heavy atom. The van der Waals surface area contributed by atoms with Gasteiger partial charge in [0, 0.05) is 6.42 Å². The van der Waals surface area contributed by atoms with Crippen molar-refractivity contribution in [2.45, 2.75) is 65.2 Å². The number of esters is 1. The van der Waals surface area contributed by atoms with Gasteiger partial charge in [-0.15, -0.1) is 6.42 Å². The van der Waals surface area contributed by atoms with Crippen LogP contribution in [0.5, 0.6) is 0 Å². The summed E-state index contributed by atoms with van der Waals surface area (Å²) in [6, 6.07) is 0. The Bertz CT molecular complexity index is 728. The molecule has 0 unspecified atom stereocenters. The Hall–Kier alpha value is -1.56. The third kappa shape index (κ3) is 2.02. The molecule has 6 atom stereocenters. The molecule has 140 valence electrons. The van der Waals surface area contributed by atoms with Gasteiger partial charge in [-0.2, -0.15) is 0 Å². The highest BCUT2D eigenvalue weighted by molar-refractivity contribution is 5.91. The molecule has 3 saturated carbocycles. The molecule has 3 nitrogen and oxygen atoms in total. The van der Waals surface area contributed by atoms with Gasteiger partial charge in [0.05, 0.1) is 7.11 Å². The fourth-order valence-electron chi connectivity index (χ4n) is 7.40. The minimum atomic E-state index is -0.767. The molecule has 4 aliphatic carbocycles. The maximum Gasteiger partial charge on any atom is 0.324 e.